The summed E-state index contributed by atoms with van der Waals surface area (Å²) in [7, 11) is 0. The van der Waals surface area contributed by atoms with Gasteiger partial charge >= 0.3 is 0 Å². The lowest BCUT2D eigenvalue weighted by atomic mass is 9.79. The monoisotopic (exact) mass is 283 g/mol. The molecule has 1 aliphatic carbocycles. The summed E-state index contributed by atoms with van der Waals surface area (Å²) in [6.07, 6.45) is 6.10. The first-order valence-corrected chi connectivity index (χ1v) is 7.56. The van der Waals surface area contributed by atoms with Gasteiger partial charge in [-0.2, -0.15) is 0 Å². The Kier molecular flexibility index (Phi) is 4.86. The van der Waals surface area contributed by atoms with E-state index in [0.717, 1.165) is 18.5 Å². The predicted molar refractivity (Wildman–Crippen MR) is 79.2 cm³/mol. The Morgan fingerprint density at radius 3 is 2.58 bits per heavy atom. The van der Waals surface area contributed by atoms with Crippen molar-refractivity contribution in [2.45, 2.75) is 52.0 Å². The molecule has 1 aromatic carbocycles. The van der Waals surface area contributed by atoms with Crippen molar-refractivity contribution in [2.75, 3.05) is 6.54 Å². The van der Waals surface area contributed by atoms with Gasteiger partial charge in [-0.15, -0.1) is 0 Å². The lowest BCUT2D eigenvalue weighted by Crippen LogP contribution is -2.37. The first kappa shape index (κ1) is 14.8. The maximum absolute atomic E-state index is 13.2. The maximum Gasteiger partial charge on any atom is 0.141 e. The maximum atomic E-state index is 13.2. The van der Waals surface area contributed by atoms with Gasteiger partial charge in [-0.25, -0.2) is 4.39 Å². The summed E-state index contributed by atoms with van der Waals surface area (Å²) in [6.45, 7) is 5.40. The molecule has 0 radical (unpaired) electrons. The minimum atomic E-state index is -0.328. The van der Waals surface area contributed by atoms with Crippen LogP contribution in [-0.2, 0) is 6.42 Å². The zero-order valence-electron chi connectivity index (χ0n) is 11.8. The Hall–Kier alpha value is -0.600. The number of nitrogens with one attached hydrogen (secondary N) is 1. The van der Waals surface area contributed by atoms with Crippen molar-refractivity contribution in [1.82, 2.24) is 5.32 Å². The Labute approximate surface area is 120 Å². The number of hydrogen-bond acceptors (Lipinski definition) is 1. The molecule has 0 unspecified atom stereocenters. The van der Waals surface area contributed by atoms with Crippen LogP contribution in [0.3, 0.4) is 0 Å². The summed E-state index contributed by atoms with van der Waals surface area (Å²) in [4.78, 5) is 0. The highest BCUT2D eigenvalue weighted by molar-refractivity contribution is 6.30. The van der Waals surface area contributed by atoms with E-state index in [9.17, 15) is 4.39 Å². The molecule has 1 aliphatic rings. The fourth-order valence-electron chi connectivity index (χ4n) is 3.04. The van der Waals surface area contributed by atoms with E-state index in [-0.39, 0.29) is 10.8 Å². The van der Waals surface area contributed by atoms with Crippen LogP contribution in [0.4, 0.5) is 4.39 Å². The minimum Gasteiger partial charge on any atom is -0.314 e. The number of hydrogen-bond donors (Lipinski definition) is 1. The quantitative estimate of drug-likeness (QED) is 0.834. The molecule has 0 amide bonds. The van der Waals surface area contributed by atoms with Gasteiger partial charge in [0.15, 0.2) is 0 Å². The fourth-order valence-corrected chi connectivity index (χ4v) is 3.25. The normalized spacial score (nSPS) is 18.2. The number of benzene rings is 1. The number of rotatable bonds is 5. The van der Waals surface area contributed by atoms with Crippen molar-refractivity contribution in [3.8, 4) is 0 Å². The highest BCUT2D eigenvalue weighted by Gasteiger charge is 2.33. The van der Waals surface area contributed by atoms with E-state index in [2.05, 4.69) is 19.2 Å². The van der Waals surface area contributed by atoms with Crippen LogP contribution in [-0.4, -0.2) is 12.6 Å². The molecular weight excluding hydrogens is 261 g/mol. The van der Waals surface area contributed by atoms with Crippen LogP contribution >= 0.6 is 11.6 Å². The van der Waals surface area contributed by atoms with E-state index in [1.807, 2.05) is 6.07 Å². The predicted octanol–water partition coefficient (Wildman–Crippen LogP) is 4.58. The lowest BCUT2D eigenvalue weighted by Gasteiger charge is -2.30. The SMILES string of the molecule is CC(C)NCC1(Cc2ccc(F)c(Cl)c2)CCCC1. The van der Waals surface area contributed by atoms with E-state index in [0.29, 0.717) is 11.5 Å². The molecule has 1 fully saturated rings. The molecule has 106 valence electrons. The molecule has 0 bridgehead atoms. The Bertz CT molecular complexity index is 425. The molecule has 1 nitrogen and oxygen atoms in total. The Morgan fingerprint density at radius 1 is 1.32 bits per heavy atom. The van der Waals surface area contributed by atoms with Gasteiger partial charge in [0.05, 0.1) is 5.02 Å². The molecule has 0 saturated heterocycles. The summed E-state index contributed by atoms with van der Waals surface area (Å²) in [6, 6.07) is 5.65. The molecule has 3 heteroatoms. The second kappa shape index (κ2) is 6.23. The van der Waals surface area contributed by atoms with E-state index < -0.39 is 0 Å². The van der Waals surface area contributed by atoms with Gasteiger partial charge in [0.1, 0.15) is 5.82 Å². The Morgan fingerprint density at radius 2 is 2.00 bits per heavy atom. The van der Waals surface area contributed by atoms with Crippen molar-refractivity contribution in [3.05, 3.63) is 34.6 Å². The third-order valence-electron chi connectivity index (χ3n) is 4.11. The molecule has 1 aromatic rings. The molecule has 2 rings (SSSR count). The highest BCUT2D eigenvalue weighted by Crippen LogP contribution is 2.41. The first-order valence-electron chi connectivity index (χ1n) is 7.18. The van der Waals surface area contributed by atoms with Crippen LogP contribution < -0.4 is 5.32 Å². The summed E-state index contributed by atoms with van der Waals surface area (Å²) in [5.41, 5.74) is 1.48. The van der Waals surface area contributed by atoms with Crippen LogP contribution in [0.25, 0.3) is 0 Å². The fraction of sp³-hybridized carbons (Fsp3) is 0.625. The zero-order chi connectivity index (χ0) is 13.9. The average molecular weight is 284 g/mol. The minimum absolute atomic E-state index is 0.238. The second-order valence-electron chi connectivity index (χ2n) is 6.17. The van der Waals surface area contributed by atoms with Crippen LogP contribution in [0.2, 0.25) is 5.02 Å². The van der Waals surface area contributed by atoms with E-state index in [4.69, 9.17) is 11.6 Å². The van der Waals surface area contributed by atoms with E-state index in [1.165, 1.54) is 31.7 Å². The highest BCUT2D eigenvalue weighted by atomic mass is 35.5. The van der Waals surface area contributed by atoms with Gasteiger partial charge in [-0.05, 0) is 42.4 Å². The number of halogens is 2. The molecular formula is C16H23ClFN. The summed E-state index contributed by atoms with van der Waals surface area (Å²) in [5, 5.41) is 3.81. The summed E-state index contributed by atoms with van der Waals surface area (Å²) >= 11 is 5.88. The molecule has 0 atom stereocenters. The van der Waals surface area contributed by atoms with Crippen LogP contribution in [0.15, 0.2) is 18.2 Å². The van der Waals surface area contributed by atoms with Gasteiger partial charge in [0, 0.05) is 12.6 Å². The molecule has 1 N–H and O–H groups in total. The molecule has 0 heterocycles. The Balaban J connectivity index is 2.09. The smallest absolute Gasteiger partial charge is 0.141 e. The first-order chi connectivity index (χ1) is 9.01. The van der Waals surface area contributed by atoms with Crippen molar-refractivity contribution in [1.29, 1.82) is 0 Å². The van der Waals surface area contributed by atoms with Gasteiger partial charge in [0.2, 0.25) is 0 Å². The van der Waals surface area contributed by atoms with Crippen LogP contribution in [0, 0.1) is 11.2 Å². The molecule has 0 spiro atoms. The summed E-state index contributed by atoms with van der Waals surface area (Å²) in [5.74, 6) is -0.328. The van der Waals surface area contributed by atoms with Gasteiger partial charge in [-0.3, -0.25) is 0 Å². The van der Waals surface area contributed by atoms with Crippen molar-refractivity contribution in [3.63, 3.8) is 0 Å². The third-order valence-corrected chi connectivity index (χ3v) is 4.40. The van der Waals surface area contributed by atoms with Crippen LogP contribution in [0.1, 0.15) is 45.1 Å². The largest absolute Gasteiger partial charge is 0.314 e. The molecule has 0 aliphatic heterocycles. The van der Waals surface area contributed by atoms with Crippen LogP contribution in [0.5, 0.6) is 0 Å². The molecule has 19 heavy (non-hydrogen) atoms. The van der Waals surface area contributed by atoms with Gasteiger partial charge in [0.25, 0.3) is 0 Å². The lowest BCUT2D eigenvalue weighted by molar-refractivity contribution is 0.269. The third kappa shape index (κ3) is 3.93. The van der Waals surface area contributed by atoms with E-state index >= 15 is 0 Å². The van der Waals surface area contributed by atoms with Gasteiger partial charge < -0.3 is 5.32 Å². The van der Waals surface area contributed by atoms with E-state index in [1.54, 1.807) is 6.07 Å². The molecule has 1 saturated carbocycles. The zero-order valence-corrected chi connectivity index (χ0v) is 12.6. The summed E-state index contributed by atoms with van der Waals surface area (Å²) < 4.78 is 13.2. The average Bonchev–Trinajstić information content (AvgIpc) is 2.81. The second-order valence-corrected chi connectivity index (χ2v) is 6.58. The van der Waals surface area contributed by atoms with Crippen molar-refractivity contribution in [2.24, 2.45) is 5.41 Å². The topological polar surface area (TPSA) is 12.0 Å². The van der Waals surface area contributed by atoms with Crippen molar-refractivity contribution < 1.29 is 4.39 Å². The molecule has 0 aromatic heterocycles. The van der Waals surface area contributed by atoms with Crippen molar-refractivity contribution >= 4 is 11.6 Å². The standard InChI is InChI=1S/C16H23ClFN/c1-12(2)19-11-16(7-3-4-8-16)10-13-5-6-15(18)14(17)9-13/h5-6,9,12,19H,3-4,7-8,10-11H2,1-2H3. The van der Waals surface area contributed by atoms with Gasteiger partial charge in [-0.1, -0.05) is 44.4 Å².